The third-order valence-electron chi connectivity index (χ3n) is 7.82. The van der Waals surface area contributed by atoms with Gasteiger partial charge in [0, 0.05) is 0 Å². The molecule has 0 heteroatoms. The largest absolute Gasteiger partial charge is 0.0622 e. The molecule has 0 nitrogen and oxygen atoms in total. The van der Waals surface area contributed by atoms with E-state index in [0.717, 1.165) is 0 Å². The molecule has 0 saturated heterocycles. The van der Waals surface area contributed by atoms with Gasteiger partial charge in [-0.15, -0.1) is 0 Å². The van der Waals surface area contributed by atoms with Crippen LogP contribution in [0.25, 0.3) is 66.8 Å². The lowest BCUT2D eigenvalue weighted by atomic mass is 9.90. The van der Waals surface area contributed by atoms with Gasteiger partial charge in [0.15, 0.2) is 0 Å². The maximum atomic E-state index is 2.33. The molecule has 0 amide bonds. The highest BCUT2D eigenvalue weighted by atomic mass is 14.1. The molecule has 0 fully saturated rings. The van der Waals surface area contributed by atoms with Crippen LogP contribution in [0.3, 0.4) is 0 Å². The molecule has 7 aromatic rings. The molecule has 0 spiro atoms. The second-order valence-electron chi connectivity index (χ2n) is 10.6. The van der Waals surface area contributed by atoms with Crippen molar-refractivity contribution in [2.45, 2.75) is 0 Å². The van der Waals surface area contributed by atoms with Crippen LogP contribution in [0.1, 0.15) is 0 Å². The first-order valence-corrected chi connectivity index (χ1v) is 14.4. The van der Waals surface area contributed by atoms with Crippen molar-refractivity contribution >= 4 is 0 Å². The molecule has 0 radical (unpaired) electrons. The Bertz CT molecular complexity index is 1680. The van der Waals surface area contributed by atoms with Crippen LogP contribution in [0.5, 0.6) is 0 Å². The van der Waals surface area contributed by atoms with Gasteiger partial charge in [-0.2, -0.15) is 0 Å². The summed E-state index contributed by atoms with van der Waals surface area (Å²) in [4.78, 5) is 0. The van der Waals surface area contributed by atoms with E-state index < -0.39 is 0 Å². The van der Waals surface area contributed by atoms with E-state index in [4.69, 9.17) is 0 Å². The maximum absolute atomic E-state index is 2.33. The van der Waals surface area contributed by atoms with Gasteiger partial charge in [0.05, 0.1) is 0 Å². The van der Waals surface area contributed by atoms with Crippen LogP contribution in [-0.2, 0) is 0 Å². The van der Waals surface area contributed by atoms with Crippen LogP contribution in [-0.4, -0.2) is 0 Å². The predicted octanol–water partition coefficient (Wildman–Crippen LogP) is 11.7. The second kappa shape index (κ2) is 11.6. The second-order valence-corrected chi connectivity index (χ2v) is 10.6. The zero-order chi connectivity index (χ0) is 28.1. The Balaban J connectivity index is 1.37. The van der Waals surface area contributed by atoms with Gasteiger partial charge in [0.1, 0.15) is 0 Å². The first kappa shape index (κ1) is 25.5. The average Bonchev–Trinajstić information content (AvgIpc) is 3.09. The van der Waals surface area contributed by atoms with Crippen molar-refractivity contribution in [2.75, 3.05) is 0 Å². The molecule has 7 rings (SSSR count). The Kier molecular flexibility index (Phi) is 7.02. The highest BCUT2D eigenvalue weighted by molar-refractivity contribution is 5.85. The van der Waals surface area contributed by atoms with E-state index >= 15 is 0 Å². The molecular weight excluding hydrogens is 504 g/mol. The van der Waals surface area contributed by atoms with Crippen molar-refractivity contribution in [3.8, 4) is 66.8 Å². The van der Waals surface area contributed by atoms with Gasteiger partial charge < -0.3 is 0 Å². The number of benzene rings is 7. The first-order chi connectivity index (χ1) is 20.8. The molecule has 198 valence electrons. The van der Waals surface area contributed by atoms with Crippen LogP contribution < -0.4 is 0 Å². The summed E-state index contributed by atoms with van der Waals surface area (Å²) in [6, 6.07) is 65.4. The quantitative estimate of drug-likeness (QED) is 0.199. The van der Waals surface area contributed by atoms with Crippen LogP contribution in [0.4, 0.5) is 0 Å². The van der Waals surface area contributed by atoms with Gasteiger partial charge in [-0.25, -0.2) is 0 Å². The summed E-state index contributed by atoms with van der Waals surface area (Å²) in [6.07, 6.45) is 0. The molecule has 0 aromatic heterocycles. The van der Waals surface area contributed by atoms with Gasteiger partial charge in [-0.3, -0.25) is 0 Å². The number of rotatable bonds is 6. The normalized spacial score (nSPS) is 10.9. The Morgan fingerprint density at radius 2 is 0.333 bits per heavy atom. The lowest BCUT2D eigenvalue weighted by Gasteiger charge is -2.14. The van der Waals surface area contributed by atoms with Gasteiger partial charge in [0.2, 0.25) is 0 Å². The topological polar surface area (TPSA) is 0 Å². The van der Waals surface area contributed by atoms with Crippen molar-refractivity contribution in [3.63, 3.8) is 0 Å². The van der Waals surface area contributed by atoms with E-state index in [0.29, 0.717) is 0 Å². The molecule has 0 N–H and O–H groups in total. The summed E-state index contributed by atoms with van der Waals surface area (Å²) >= 11 is 0. The van der Waals surface area contributed by atoms with E-state index in [1.165, 1.54) is 66.8 Å². The average molecular weight is 535 g/mol. The van der Waals surface area contributed by atoms with Crippen molar-refractivity contribution in [3.05, 3.63) is 182 Å². The van der Waals surface area contributed by atoms with E-state index in [-0.39, 0.29) is 0 Å². The first-order valence-electron chi connectivity index (χ1n) is 14.4. The van der Waals surface area contributed by atoms with E-state index in [1.54, 1.807) is 0 Å². The highest BCUT2D eigenvalue weighted by Crippen LogP contribution is 2.37. The summed E-state index contributed by atoms with van der Waals surface area (Å²) in [5.41, 5.74) is 14.6. The van der Waals surface area contributed by atoms with Gasteiger partial charge >= 0.3 is 0 Å². The zero-order valence-electron chi connectivity index (χ0n) is 23.3. The van der Waals surface area contributed by atoms with Crippen molar-refractivity contribution in [2.24, 2.45) is 0 Å². The molecule has 0 heterocycles. The molecule has 0 bridgehead atoms. The molecular formula is C42H30. The fourth-order valence-corrected chi connectivity index (χ4v) is 5.66. The van der Waals surface area contributed by atoms with Gasteiger partial charge in [0.25, 0.3) is 0 Å². The third kappa shape index (κ3) is 5.44. The summed E-state index contributed by atoms with van der Waals surface area (Å²) in [7, 11) is 0. The minimum absolute atomic E-state index is 1.20. The van der Waals surface area contributed by atoms with Gasteiger partial charge in [-0.1, -0.05) is 140 Å². The Hall–Kier alpha value is -5.46. The van der Waals surface area contributed by atoms with Crippen molar-refractivity contribution < 1.29 is 0 Å². The minimum Gasteiger partial charge on any atom is -0.0622 e. The molecule has 0 atom stereocenters. The van der Waals surface area contributed by atoms with E-state index in [1.807, 2.05) is 0 Å². The smallest absolute Gasteiger partial charge is 0.0171 e. The summed E-state index contributed by atoms with van der Waals surface area (Å²) in [6.45, 7) is 0. The zero-order valence-corrected chi connectivity index (χ0v) is 23.3. The van der Waals surface area contributed by atoms with E-state index in [9.17, 15) is 0 Å². The lowest BCUT2D eigenvalue weighted by molar-refractivity contribution is 1.55. The predicted molar refractivity (Wildman–Crippen MR) is 179 cm³/mol. The lowest BCUT2D eigenvalue weighted by Crippen LogP contribution is -1.88. The van der Waals surface area contributed by atoms with Gasteiger partial charge in [-0.05, 0) is 109 Å². The molecule has 7 aromatic carbocycles. The fraction of sp³-hybridized carbons (Fsp3) is 0. The summed E-state index contributed by atoms with van der Waals surface area (Å²) < 4.78 is 0. The standard InChI is InChI=1S/C42H30/c1-5-14-31(15-6-1)37-25-38(32-16-7-2-8-17-32)28-41(27-37)35-22-13-23-36(24-35)42-29-39(33-18-9-3-10-19-33)26-40(30-42)34-20-11-4-12-21-34/h1-30H. The fourth-order valence-electron chi connectivity index (χ4n) is 5.66. The van der Waals surface area contributed by atoms with Crippen LogP contribution in [0.15, 0.2) is 182 Å². The van der Waals surface area contributed by atoms with Crippen LogP contribution >= 0.6 is 0 Å². The SMILES string of the molecule is c1ccc(-c2cc(-c3ccccc3)cc(-c3cccc(-c4cc(-c5ccccc5)cc(-c5ccccc5)c4)c3)c2)cc1. The maximum Gasteiger partial charge on any atom is -0.0171 e. The Labute approximate surface area is 248 Å². The molecule has 0 saturated carbocycles. The Morgan fingerprint density at radius 1 is 0.143 bits per heavy atom. The number of hydrogen-bond acceptors (Lipinski definition) is 0. The van der Waals surface area contributed by atoms with Crippen molar-refractivity contribution in [1.82, 2.24) is 0 Å². The summed E-state index contributed by atoms with van der Waals surface area (Å²) in [5.74, 6) is 0. The summed E-state index contributed by atoms with van der Waals surface area (Å²) in [5, 5.41) is 0. The molecule has 0 aliphatic carbocycles. The van der Waals surface area contributed by atoms with Crippen LogP contribution in [0, 0.1) is 0 Å². The van der Waals surface area contributed by atoms with Crippen molar-refractivity contribution in [1.29, 1.82) is 0 Å². The van der Waals surface area contributed by atoms with E-state index in [2.05, 4.69) is 182 Å². The minimum atomic E-state index is 1.20. The monoisotopic (exact) mass is 534 g/mol. The number of hydrogen-bond donors (Lipinski definition) is 0. The molecule has 42 heavy (non-hydrogen) atoms. The highest BCUT2D eigenvalue weighted by Gasteiger charge is 2.11. The molecule has 0 aliphatic heterocycles. The third-order valence-corrected chi connectivity index (χ3v) is 7.82. The molecule has 0 aliphatic rings. The van der Waals surface area contributed by atoms with Crippen LogP contribution in [0.2, 0.25) is 0 Å². The molecule has 0 unspecified atom stereocenters. The Morgan fingerprint density at radius 3 is 0.595 bits per heavy atom.